The van der Waals surface area contributed by atoms with Crippen LogP contribution in [0.2, 0.25) is 0 Å². The molecule has 456 valence electrons. The van der Waals surface area contributed by atoms with Crippen molar-refractivity contribution in [3.63, 3.8) is 0 Å². The van der Waals surface area contributed by atoms with Crippen molar-refractivity contribution in [2.45, 2.75) is 188 Å². The minimum atomic E-state index is -1.84. The summed E-state index contributed by atoms with van der Waals surface area (Å²) >= 11 is 0. The number of rotatable bonds is 22. The quantitative estimate of drug-likeness (QED) is 0.0337. The summed E-state index contributed by atoms with van der Waals surface area (Å²) in [7, 11) is 0. The molecule has 3 saturated heterocycles. The first kappa shape index (κ1) is 62.1. The van der Waals surface area contributed by atoms with Crippen LogP contribution in [-0.2, 0) is 58.9 Å². The van der Waals surface area contributed by atoms with Gasteiger partial charge in [-0.25, -0.2) is 14.3 Å². The molecule has 2 amide bonds. The summed E-state index contributed by atoms with van der Waals surface area (Å²) in [5.41, 5.74) is 0.826. The molecule has 27 heteroatoms. The van der Waals surface area contributed by atoms with Crippen LogP contribution in [0, 0.1) is 11.8 Å². The van der Waals surface area contributed by atoms with Gasteiger partial charge in [-0.2, -0.15) is 0 Å². The molecule has 83 heavy (non-hydrogen) atoms. The molecule has 0 spiro atoms. The number of aliphatic carboxylic acids is 1. The van der Waals surface area contributed by atoms with Crippen molar-refractivity contribution in [2.75, 3.05) is 26.4 Å². The van der Waals surface area contributed by atoms with Crippen LogP contribution in [0.5, 0.6) is 0 Å². The molecular formula is C56H75N5O22. The van der Waals surface area contributed by atoms with Gasteiger partial charge in [0.1, 0.15) is 84.5 Å². The van der Waals surface area contributed by atoms with Gasteiger partial charge < -0.3 is 98.9 Å². The molecule has 4 aromatic rings. The van der Waals surface area contributed by atoms with Gasteiger partial charge in [0.05, 0.1) is 56.4 Å². The van der Waals surface area contributed by atoms with Gasteiger partial charge in [0.2, 0.25) is 11.8 Å². The van der Waals surface area contributed by atoms with E-state index in [1.807, 2.05) is 6.07 Å². The van der Waals surface area contributed by atoms with Gasteiger partial charge in [-0.05, 0) is 44.2 Å². The number of aliphatic hydroxyl groups is 8. The Bertz CT molecular complexity index is 2820. The minimum Gasteiger partial charge on any atom is -0.479 e. The number of aliphatic hydroxyl groups excluding tert-OH is 8. The molecule has 2 saturated carbocycles. The van der Waals surface area contributed by atoms with Gasteiger partial charge in [0.25, 0.3) is 0 Å². The first-order valence-electron chi connectivity index (χ1n) is 28.2. The number of para-hydroxylation sites is 1. The number of carboxylic acid groups (broad SMARTS) is 1. The van der Waals surface area contributed by atoms with Crippen LogP contribution in [-0.4, -0.2) is 215 Å². The van der Waals surface area contributed by atoms with Crippen LogP contribution < -0.4 is 16.3 Å². The molecule has 3 aliphatic heterocycles. The number of hydrogen-bond acceptors (Lipinski definition) is 23. The largest absolute Gasteiger partial charge is 0.479 e. The lowest BCUT2D eigenvalue weighted by Crippen LogP contribution is -2.67. The lowest BCUT2D eigenvalue weighted by Gasteiger charge is -2.49. The fraction of sp³-hybridized carbons (Fsp3) is 0.643. The Labute approximate surface area is 476 Å². The van der Waals surface area contributed by atoms with Gasteiger partial charge in [0.15, 0.2) is 25.0 Å². The van der Waals surface area contributed by atoms with Crippen LogP contribution in [0.1, 0.15) is 76.8 Å². The maximum absolute atomic E-state index is 14.6. The highest BCUT2D eigenvalue weighted by atomic mass is 16.7. The van der Waals surface area contributed by atoms with E-state index in [2.05, 4.69) is 20.9 Å². The zero-order valence-corrected chi connectivity index (χ0v) is 45.8. The van der Waals surface area contributed by atoms with E-state index < -0.39 is 166 Å². The van der Waals surface area contributed by atoms with Crippen molar-refractivity contribution in [3.05, 3.63) is 82.8 Å². The zero-order valence-electron chi connectivity index (χ0n) is 45.8. The van der Waals surface area contributed by atoms with Crippen molar-refractivity contribution in [1.29, 1.82) is 0 Å². The highest BCUT2D eigenvalue weighted by molar-refractivity contribution is 5.79. The predicted molar refractivity (Wildman–Crippen MR) is 284 cm³/mol. The van der Waals surface area contributed by atoms with Crippen molar-refractivity contribution in [3.8, 4) is 11.3 Å². The molecule has 2 aliphatic carbocycles. The average Bonchev–Trinajstić information content (AvgIpc) is 4.06. The number of nitrogens with one attached hydrogen (secondary N) is 2. The van der Waals surface area contributed by atoms with Gasteiger partial charge >= 0.3 is 11.6 Å². The van der Waals surface area contributed by atoms with Gasteiger partial charge in [-0.1, -0.05) is 85.8 Å². The number of amides is 2. The topological polar surface area (TPSA) is 392 Å². The molecule has 2 aromatic heterocycles. The maximum Gasteiger partial charge on any atom is 0.341 e. The molecule has 20 atom stereocenters. The fourth-order valence-electron chi connectivity index (χ4n) is 11.7. The van der Waals surface area contributed by atoms with E-state index in [9.17, 15) is 65.1 Å². The van der Waals surface area contributed by atoms with E-state index in [0.29, 0.717) is 22.2 Å². The second-order valence-electron chi connectivity index (χ2n) is 22.0. The van der Waals surface area contributed by atoms with Gasteiger partial charge in [0, 0.05) is 30.3 Å². The number of nitrogens with zero attached hydrogens (tertiary/aromatic N) is 3. The highest BCUT2D eigenvalue weighted by Crippen LogP contribution is 2.41. The summed E-state index contributed by atoms with van der Waals surface area (Å²) in [5.74, 6) is -3.59. The SMILES string of the molecule is CC(=O)NC1C(O[C@@H](CC2CCCCC2)C(=O)O)[C@@H](O)C(CO)O[C@H]1O[C@@H]1CC(C(=O)NCCO[C@H]2OC(CO)[C@@H](O)C(OCc3cc4ccccc4oc3=O)C2O)CC(n2cc(-c3ccccc3)nn2)C1O[C@@H]1OC(C)[C@@H](O)C(O)C1O. The predicted octanol–water partition coefficient (Wildman–Crippen LogP) is -0.851. The smallest absolute Gasteiger partial charge is 0.341 e. The fourth-order valence-corrected chi connectivity index (χ4v) is 11.7. The summed E-state index contributed by atoms with van der Waals surface area (Å²) < 4.78 is 56.1. The zero-order chi connectivity index (χ0) is 59.1. The van der Waals surface area contributed by atoms with Crippen molar-refractivity contribution >= 4 is 28.8 Å². The summed E-state index contributed by atoms with van der Waals surface area (Å²) in [6, 6.07) is 14.8. The summed E-state index contributed by atoms with van der Waals surface area (Å²) in [5, 5.41) is 113. The lowest BCUT2D eigenvalue weighted by molar-refractivity contribution is -0.337. The molecule has 0 bridgehead atoms. The standard InChI is InChI=1S/C56H75N5O22/c1-27-42(65)45(68)46(69)56(77-27)83-48-35(61-23-34(59-60-61)30-13-7-4-8-14-30)21-32(22-37(48)80-54-41(58-28(2)64)49(43(66)39(24-62)81-54)78-38(52(72)73)19-29-11-5-3-6-12-29)51(71)57-17-18-75-55-47(70)50(44(67)40(25-63)82-55)76-26-33-20-31-15-9-10-16-36(31)79-53(33)74/h4,7-10,13-16,20,23,27,29,32,35,37-50,54-56,62-63,65-70H,3,5-6,11-12,17-19,21-22,24-26H2,1-2H3,(H,57,71)(H,58,64)(H,72,73)/t27?,32?,35?,37-,38+,39?,40?,41?,42-,43+,44-,45?,46?,47?,48?,49?,50?,54-,55+,56+/m1/s1. The third kappa shape index (κ3) is 14.6. The van der Waals surface area contributed by atoms with Crippen molar-refractivity contribution in [2.24, 2.45) is 11.8 Å². The van der Waals surface area contributed by atoms with Crippen LogP contribution in [0.15, 0.2) is 76.1 Å². The Morgan fingerprint density at radius 1 is 0.771 bits per heavy atom. The van der Waals surface area contributed by atoms with Crippen LogP contribution in [0.4, 0.5) is 0 Å². The molecule has 12 unspecified atom stereocenters. The number of benzene rings is 2. The van der Waals surface area contributed by atoms with E-state index >= 15 is 0 Å². The molecule has 27 nitrogen and oxygen atoms in total. The van der Waals surface area contributed by atoms with E-state index in [4.69, 9.17) is 42.3 Å². The van der Waals surface area contributed by atoms with E-state index in [0.717, 1.165) is 32.1 Å². The number of carbonyl (C=O) groups is 3. The lowest BCUT2D eigenvalue weighted by atomic mass is 9.80. The second-order valence-corrected chi connectivity index (χ2v) is 22.0. The van der Waals surface area contributed by atoms with Crippen LogP contribution in [0.25, 0.3) is 22.2 Å². The molecule has 0 radical (unpaired) electrons. The second kappa shape index (κ2) is 28.2. The first-order valence-corrected chi connectivity index (χ1v) is 28.2. The Hall–Kier alpha value is -5.44. The van der Waals surface area contributed by atoms with Crippen molar-refractivity contribution in [1.82, 2.24) is 25.6 Å². The number of hydrogen-bond donors (Lipinski definition) is 11. The summed E-state index contributed by atoms with van der Waals surface area (Å²) in [6.07, 6.45) is -20.2. The molecule has 11 N–H and O–H groups in total. The maximum atomic E-state index is 14.6. The number of fused-ring (bicyclic) bond motifs is 1. The molecule has 5 fully saturated rings. The molecular weight excluding hydrogens is 1090 g/mol. The summed E-state index contributed by atoms with van der Waals surface area (Å²) in [6.45, 7) is 0.188. The summed E-state index contributed by atoms with van der Waals surface area (Å²) in [4.78, 5) is 53.4. The minimum absolute atomic E-state index is 0.00141. The number of ether oxygens (including phenoxy) is 8. The number of carboxylic acids is 1. The third-order valence-electron chi connectivity index (χ3n) is 16.2. The number of aromatic nitrogens is 3. The monoisotopic (exact) mass is 1170 g/mol. The Kier molecular flexibility index (Phi) is 21.1. The van der Waals surface area contributed by atoms with E-state index in [1.54, 1.807) is 60.8 Å². The Morgan fingerprint density at radius 3 is 2.18 bits per heavy atom. The molecule has 9 rings (SSSR count). The van der Waals surface area contributed by atoms with Gasteiger partial charge in [-0.3, -0.25) is 9.59 Å². The normalized spacial score (nSPS) is 34.7. The first-order chi connectivity index (χ1) is 39.9. The van der Waals surface area contributed by atoms with Crippen LogP contribution in [0.3, 0.4) is 0 Å². The average molecular weight is 1170 g/mol. The molecule has 5 aliphatic rings. The van der Waals surface area contributed by atoms with Crippen molar-refractivity contribution < 1.29 is 103 Å². The third-order valence-corrected chi connectivity index (χ3v) is 16.2. The highest BCUT2D eigenvalue weighted by Gasteiger charge is 2.54. The molecule has 5 heterocycles. The van der Waals surface area contributed by atoms with Crippen LogP contribution >= 0.6 is 0 Å². The van der Waals surface area contributed by atoms with Gasteiger partial charge in [-0.15, -0.1) is 5.10 Å². The molecule has 2 aromatic carbocycles. The number of carbonyl (C=O) groups excluding carboxylic acids is 2. The van der Waals surface area contributed by atoms with E-state index in [1.165, 1.54) is 18.5 Å². The van der Waals surface area contributed by atoms with E-state index in [-0.39, 0.29) is 43.9 Å². The Balaban J connectivity index is 0.980. The Morgan fingerprint density at radius 2 is 1.47 bits per heavy atom.